The molecule has 2 N–H and O–H groups in total. The normalized spacial score (nSPS) is 16.7. The summed E-state index contributed by atoms with van der Waals surface area (Å²) in [5.74, 6) is 1.46. The van der Waals surface area contributed by atoms with E-state index >= 15 is 0 Å². The van der Waals surface area contributed by atoms with E-state index in [-0.39, 0.29) is 24.0 Å². The molecule has 1 aromatic carbocycles. The molecule has 0 amide bonds. The highest BCUT2D eigenvalue weighted by molar-refractivity contribution is 14.0. The summed E-state index contributed by atoms with van der Waals surface area (Å²) in [6.07, 6.45) is 4.67. The minimum atomic E-state index is 0. The van der Waals surface area contributed by atoms with Gasteiger partial charge < -0.3 is 10.6 Å². The minimum absolute atomic E-state index is 0. The Morgan fingerprint density at radius 2 is 2.16 bits per heavy atom. The molecule has 0 saturated carbocycles. The van der Waals surface area contributed by atoms with Crippen molar-refractivity contribution in [2.45, 2.75) is 38.5 Å². The van der Waals surface area contributed by atoms with Crippen molar-refractivity contribution in [3.63, 3.8) is 0 Å². The van der Waals surface area contributed by atoms with E-state index in [0.717, 1.165) is 36.2 Å². The summed E-state index contributed by atoms with van der Waals surface area (Å²) >= 11 is 1.71. The Hall–Kier alpha value is -1.15. The molecule has 3 rings (SSSR count). The number of thiazole rings is 1. The van der Waals surface area contributed by atoms with Gasteiger partial charge in [-0.15, -0.1) is 35.3 Å². The van der Waals surface area contributed by atoms with Crippen LogP contribution in [-0.4, -0.2) is 31.1 Å². The fraction of sp³-hybridized carbons (Fsp3) is 0.474. The number of aromatic nitrogens is 1. The number of guanidine groups is 1. The van der Waals surface area contributed by atoms with Gasteiger partial charge in [-0.3, -0.25) is 4.99 Å². The van der Waals surface area contributed by atoms with Crippen LogP contribution in [0.1, 0.15) is 40.6 Å². The number of benzene rings is 1. The van der Waals surface area contributed by atoms with Crippen LogP contribution in [0.25, 0.3) is 0 Å². The van der Waals surface area contributed by atoms with Crippen LogP contribution in [0, 0.1) is 6.92 Å². The maximum Gasteiger partial charge on any atom is 0.191 e. The lowest BCUT2D eigenvalue weighted by atomic mass is 9.83. The first kappa shape index (κ1) is 20.2. The van der Waals surface area contributed by atoms with Crippen LogP contribution in [-0.2, 0) is 12.8 Å². The molecule has 2 aromatic rings. The third-order valence-corrected chi connectivity index (χ3v) is 5.40. The highest BCUT2D eigenvalue weighted by atomic mass is 127. The minimum Gasteiger partial charge on any atom is -0.356 e. The highest BCUT2D eigenvalue weighted by Gasteiger charge is 2.19. The summed E-state index contributed by atoms with van der Waals surface area (Å²) in [5.41, 5.74) is 4.17. The Bertz CT molecular complexity index is 698. The molecule has 1 atom stereocenters. The first-order valence-electron chi connectivity index (χ1n) is 8.69. The van der Waals surface area contributed by atoms with Crippen LogP contribution >= 0.6 is 35.3 Å². The molecule has 1 unspecified atom stereocenters. The number of fused-ring (bicyclic) bond motifs is 1. The Morgan fingerprint density at radius 1 is 1.32 bits per heavy atom. The second kappa shape index (κ2) is 10.1. The lowest BCUT2D eigenvalue weighted by Gasteiger charge is -2.26. The number of halogens is 1. The molecule has 0 aliphatic heterocycles. The molecule has 1 heterocycles. The van der Waals surface area contributed by atoms with Gasteiger partial charge in [0.25, 0.3) is 0 Å². The molecule has 0 bridgehead atoms. The van der Waals surface area contributed by atoms with Gasteiger partial charge in [0.2, 0.25) is 0 Å². The SMILES string of the molecule is CN=C(NCCc1csc(C)n1)NCC1CCCc2ccccc21.I. The first-order chi connectivity index (χ1) is 11.8. The summed E-state index contributed by atoms with van der Waals surface area (Å²) < 4.78 is 0. The van der Waals surface area contributed by atoms with Crippen LogP contribution in [0.5, 0.6) is 0 Å². The van der Waals surface area contributed by atoms with Crippen molar-refractivity contribution < 1.29 is 0 Å². The second-order valence-electron chi connectivity index (χ2n) is 6.28. The first-order valence-corrected chi connectivity index (χ1v) is 9.57. The zero-order chi connectivity index (χ0) is 16.8. The summed E-state index contributed by atoms with van der Waals surface area (Å²) in [4.78, 5) is 8.84. The predicted molar refractivity (Wildman–Crippen MR) is 117 cm³/mol. The lowest BCUT2D eigenvalue weighted by Crippen LogP contribution is -2.40. The third-order valence-electron chi connectivity index (χ3n) is 4.57. The molecular formula is C19H27IN4S. The van der Waals surface area contributed by atoms with Crippen LogP contribution in [0.3, 0.4) is 0 Å². The van der Waals surface area contributed by atoms with Gasteiger partial charge in [-0.2, -0.15) is 0 Å². The van der Waals surface area contributed by atoms with Gasteiger partial charge in [0, 0.05) is 37.9 Å². The maximum absolute atomic E-state index is 4.50. The van der Waals surface area contributed by atoms with Crippen LogP contribution in [0.2, 0.25) is 0 Å². The lowest BCUT2D eigenvalue weighted by molar-refractivity contribution is 0.539. The van der Waals surface area contributed by atoms with Gasteiger partial charge in [0.15, 0.2) is 5.96 Å². The van der Waals surface area contributed by atoms with E-state index in [1.807, 2.05) is 14.0 Å². The molecule has 0 fully saturated rings. The summed E-state index contributed by atoms with van der Waals surface area (Å²) in [6.45, 7) is 3.83. The molecule has 6 heteroatoms. The van der Waals surface area contributed by atoms with E-state index in [9.17, 15) is 0 Å². The van der Waals surface area contributed by atoms with E-state index in [4.69, 9.17) is 0 Å². The third kappa shape index (κ3) is 5.67. The Balaban J connectivity index is 0.00000225. The molecular weight excluding hydrogens is 443 g/mol. The topological polar surface area (TPSA) is 49.3 Å². The number of aryl methyl sites for hydroxylation is 2. The van der Waals surface area contributed by atoms with E-state index < -0.39 is 0 Å². The smallest absolute Gasteiger partial charge is 0.191 e. The van der Waals surface area contributed by atoms with Crippen LogP contribution in [0.4, 0.5) is 0 Å². The summed E-state index contributed by atoms with van der Waals surface area (Å²) in [5, 5.41) is 10.1. The Labute approximate surface area is 171 Å². The number of nitrogens with zero attached hydrogens (tertiary/aromatic N) is 2. The van der Waals surface area contributed by atoms with Gasteiger partial charge >= 0.3 is 0 Å². The molecule has 136 valence electrons. The summed E-state index contributed by atoms with van der Waals surface area (Å²) in [6, 6.07) is 8.85. The molecule has 4 nitrogen and oxygen atoms in total. The van der Waals surface area contributed by atoms with Crippen molar-refractivity contribution in [3.05, 3.63) is 51.5 Å². The van der Waals surface area contributed by atoms with Gasteiger partial charge in [-0.05, 0) is 37.3 Å². The molecule has 1 aliphatic carbocycles. The summed E-state index contributed by atoms with van der Waals surface area (Å²) in [7, 11) is 1.83. The van der Waals surface area contributed by atoms with Gasteiger partial charge in [-0.25, -0.2) is 4.98 Å². The standard InChI is InChI=1S/C19H26N4S.HI/c1-14-23-17(13-24-14)10-11-21-19(20-2)22-12-16-8-5-7-15-6-3-4-9-18(15)16;/h3-4,6,9,13,16H,5,7-8,10-12H2,1-2H3,(H2,20,21,22);1H. The molecule has 0 radical (unpaired) electrons. The quantitative estimate of drug-likeness (QED) is 0.396. The average molecular weight is 470 g/mol. The number of aliphatic imine (C=N–C) groups is 1. The predicted octanol–water partition coefficient (Wildman–Crippen LogP) is 3.90. The highest BCUT2D eigenvalue weighted by Crippen LogP contribution is 2.30. The molecule has 0 saturated heterocycles. The van der Waals surface area contributed by atoms with Crippen LogP contribution < -0.4 is 10.6 Å². The van der Waals surface area contributed by atoms with Gasteiger partial charge in [0.05, 0.1) is 10.7 Å². The largest absolute Gasteiger partial charge is 0.356 e. The number of hydrogen-bond acceptors (Lipinski definition) is 3. The van der Waals surface area contributed by atoms with Crippen molar-refractivity contribution >= 4 is 41.3 Å². The zero-order valence-electron chi connectivity index (χ0n) is 14.9. The zero-order valence-corrected chi connectivity index (χ0v) is 18.1. The number of nitrogens with one attached hydrogen (secondary N) is 2. The Kier molecular flexibility index (Phi) is 8.15. The van der Waals surface area contributed by atoms with E-state index in [1.54, 1.807) is 11.3 Å². The van der Waals surface area contributed by atoms with Gasteiger partial charge in [-0.1, -0.05) is 24.3 Å². The number of hydrogen-bond donors (Lipinski definition) is 2. The fourth-order valence-corrected chi connectivity index (χ4v) is 3.99. The van der Waals surface area contributed by atoms with E-state index in [2.05, 4.69) is 50.3 Å². The van der Waals surface area contributed by atoms with E-state index in [1.165, 1.54) is 30.4 Å². The van der Waals surface area contributed by atoms with Crippen molar-refractivity contribution in [1.29, 1.82) is 0 Å². The van der Waals surface area contributed by atoms with Crippen molar-refractivity contribution in [2.24, 2.45) is 4.99 Å². The van der Waals surface area contributed by atoms with Crippen molar-refractivity contribution in [3.8, 4) is 0 Å². The van der Waals surface area contributed by atoms with E-state index in [0.29, 0.717) is 5.92 Å². The van der Waals surface area contributed by atoms with Gasteiger partial charge in [0.1, 0.15) is 0 Å². The molecule has 1 aliphatic rings. The monoisotopic (exact) mass is 470 g/mol. The molecule has 1 aromatic heterocycles. The average Bonchev–Trinajstić information content (AvgIpc) is 3.03. The number of rotatable bonds is 5. The molecule has 25 heavy (non-hydrogen) atoms. The maximum atomic E-state index is 4.50. The second-order valence-corrected chi connectivity index (χ2v) is 7.34. The van der Waals surface area contributed by atoms with Crippen molar-refractivity contribution in [1.82, 2.24) is 15.6 Å². The molecule has 0 spiro atoms. The van der Waals surface area contributed by atoms with Crippen LogP contribution in [0.15, 0.2) is 34.6 Å². The Morgan fingerprint density at radius 3 is 2.92 bits per heavy atom. The van der Waals surface area contributed by atoms with Crippen molar-refractivity contribution in [2.75, 3.05) is 20.1 Å². The fourth-order valence-electron chi connectivity index (χ4n) is 3.34.